The van der Waals surface area contributed by atoms with Gasteiger partial charge in [0.15, 0.2) is 0 Å². The van der Waals surface area contributed by atoms with Gasteiger partial charge in [0.2, 0.25) is 5.91 Å². The molecule has 0 aliphatic carbocycles. The molecule has 78 valence electrons. The van der Waals surface area contributed by atoms with Crippen LogP contribution >= 0.6 is 0 Å². The molecule has 0 heterocycles. The number of carbonyl (C=O) groups excluding carboxylic acids is 1. The second kappa shape index (κ2) is 8.05. The summed E-state index contributed by atoms with van der Waals surface area (Å²) >= 11 is 0. The van der Waals surface area contributed by atoms with Crippen molar-refractivity contribution in [3.05, 3.63) is 0 Å². The molecular weight excluding hydrogens is 164 g/mol. The summed E-state index contributed by atoms with van der Waals surface area (Å²) in [5, 5.41) is 5.96. The molecule has 0 rings (SSSR count). The summed E-state index contributed by atoms with van der Waals surface area (Å²) in [6, 6.07) is 0. The van der Waals surface area contributed by atoms with E-state index in [0.717, 1.165) is 25.9 Å². The van der Waals surface area contributed by atoms with Gasteiger partial charge >= 0.3 is 0 Å². The van der Waals surface area contributed by atoms with Crippen LogP contribution in [0.2, 0.25) is 0 Å². The van der Waals surface area contributed by atoms with Crippen molar-refractivity contribution in [3.8, 4) is 0 Å². The van der Waals surface area contributed by atoms with Gasteiger partial charge in [0.05, 0.1) is 6.54 Å². The zero-order chi connectivity index (χ0) is 10.1. The van der Waals surface area contributed by atoms with Gasteiger partial charge in [0.25, 0.3) is 0 Å². The van der Waals surface area contributed by atoms with Crippen LogP contribution in [-0.4, -0.2) is 25.5 Å². The SMILES string of the molecule is CCCCNC(=O)CNCC(C)C. The molecule has 0 spiro atoms. The van der Waals surface area contributed by atoms with Crippen molar-refractivity contribution >= 4 is 5.91 Å². The molecular formula is C10H22N2O. The third-order valence-corrected chi connectivity index (χ3v) is 1.69. The predicted molar refractivity (Wildman–Crippen MR) is 55.6 cm³/mol. The molecule has 0 radical (unpaired) electrons. The van der Waals surface area contributed by atoms with Crippen molar-refractivity contribution in [1.82, 2.24) is 10.6 Å². The maximum absolute atomic E-state index is 11.1. The number of unbranched alkanes of at least 4 members (excludes halogenated alkanes) is 1. The Morgan fingerprint density at radius 2 is 2.08 bits per heavy atom. The third-order valence-electron chi connectivity index (χ3n) is 1.69. The van der Waals surface area contributed by atoms with Gasteiger partial charge in [-0.05, 0) is 18.9 Å². The lowest BCUT2D eigenvalue weighted by atomic mass is 10.2. The maximum atomic E-state index is 11.1. The zero-order valence-corrected chi connectivity index (χ0v) is 9.02. The summed E-state index contributed by atoms with van der Waals surface area (Å²) in [5.74, 6) is 0.706. The monoisotopic (exact) mass is 186 g/mol. The maximum Gasteiger partial charge on any atom is 0.233 e. The van der Waals surface area contributed by atoms with E-state index in [1.165, 1.54) is 0 Å². The first-order valence-corrected chi connectivity index (χ1v) is 5.14. The number of rotatable bonds is 7. The second-order valence-electron chi connectivity index (χ2n) is 3.73. The fraction of sp³-hybridized carbons (Fsp3) is 0.900. The lowest BCUT2D eigenvalue weighted by Gasteiger charge is -2.07. The molecule has 0 saturated carbocycles. The lowest BCUT2D eigenvalue weighted by molar-refractivity contribution is -0.120. The van der Waals surface area contributed by atoms with Crippen LogP contribution in [0, 0.1) is 5.92 Å². The summed E-state index contributed by atoms with van der Waals surface area (Å²) in [7, 11) is 0. The minimum atomic E-state index is 0.106. The molecule has 0 aromatic rings. The largest absolute Gasteiger partial charge is 0.355 e. The van der Waals surface area contributed by atoms with Gasteiger partial charge in [-0.15, -0.1) is 0 Å². The molecule has 0 aromatic carbocycles. The van der Waals surface area contributed by atoms with Gasteiger partial charge in [0, 0.05) is 6.54 Å². The molecule has 0 aliphatic rings. The molecule has 0 saturated heterocycles. The van der Waals surface area contributed by atoms with Crippen LogP contribution in [0.3, 0.4) is 0 Å². The van der Waals surface area contributed by atoms with Gasteiger partial charge in [-0.3, -0.25) is 4.79 Å². The Labute approximate surface area is 81.3 Å². The van der Waals surface area contributed by atoms with Crippen molar-refractivity contribution < 1.29 is 4.79 Å². The van der Waals surface area contributed by atoms with Crippen LogP contribution in [0.1, 0.15) is 33.6 Å². The molecule has 1 amide bonds. The number of hydrogen-bond donors (Lipinski definition) is 2. The smallest absolute Gasteiger partial charge is 0.233 e. The van der Waals surface area contributed by atoms with Crippen molar-refractivity contribution in [2.75, 3.05) is 19.6 Å². The Morgan fingerprint density at radius 1 is 1.38 bits per heavy atom. The average Bonchev–Trinajstić information content (AvgIpc) is 2.04. The normalized spacial score (nSPS) is 10.5. The van der Waals surface area contributed by atoms with Crippen LogP contribution in [0.5, 0.6) is 0 Å². The zero-order valence-electron chi connectivity index (χ0n) is 9.02. The lowest BCUT2D eigenvalue weighted by Crippen LogP contribution is -2.35. The third kappa shape index (κ3) is 9.34. The van der Waals surface area contributed by atoms with Gasteiger partial charge in [-0.2, -0.15) is 0 Å². The van der Waals surface area contributed by atoms with E-state index >= 15 is 0 Å². The van der Waals surface area contributed by atoms with Crippen LogP contribution in [0.4, 0.5) is 0 Å². The molecule has 2 N–H and O–H groups in total. The van der Waals surface area contributed by atoms with E-state index in [-0.39, 0.29) is 5.91 Å². The van der Waals surface area contributed by atoms with Crippen LogP contribution in [0.15, 0.2) is 0 Å². The second-order valence-corrected chi connectivity index (χ2v) is 3.73. The van der Waals surface area contributed by atoms with Crippen molar-refractivity contribution in [3.63, 3.8) is 0 Å². The fourth-order valence-electron chi connectivity index (χ4n) is 0.941. The minimum Gasteiger partial charge on any atom is -0.355 e. The Hall–Kier alpha value is -0.570. The van der Waals surface area contributed by atoms with E-state index < -0.39 is 0 Å². The molecule has 0 aromatic heterocycles. The number of amides is 1. The first kappa shape index (κ1) is 12.4. The Bertz CT molecular complexity index is 135. The van der Waals surface area contributed by atoms with E-state index in [0.29, 0.717) is 12.5 Å². The highest BCUT2D eigenvalue weighted by Gasteiger charge is 1.99. The van der Waals surface area contributed by atoms with E-state index in [1.54, 1.807) is 0 Å². The van der Waals surface area contributed by atoms with E-state index in [4.69, 9.17) is 0 Å². The summed E-state index contributed by atoms with van der Waals surface area (Å²) in [6.45, 7) is 8.52. The molecule has 0 unspecified atom stereocenters. The van der Waals surface area contributed by atoms with Crippen molar-refractivity contribution in [2.24, 2.45) is 5.92 Å². The van der Waals surface area contributed by atoms with Crippen molar-refractivity contribution in [1.29, 1.82) is 0 Å². The van der Waals surface area contributed by atoms with Gasteiger partial charge in [-0.25, -0.2) is 0 Å². The van der Waals surface area contributed by atoms with E-state index in [1.807, 2.05) is 0 Å². The first-order valence-electron chi connectivity index (χ1n) is 5.14. The van der Waals surface area contributed by atoms with E-state index in [9.17, 15) is 4.79 Å². The fourth-order valence-corrected chi connectivity index (χ4v) is 0.941. The number of nitrogens with one attached hydrogen (secondary N) is 2. The first-order chi connectivity index (χ1) is 6.16. The average molecular weight is 186 g/mol. The number of hydrogen-bond acceptors (Lipinski definition) is 2. The molecule has 3 nitrogen and oxygen atoms in total. The van der Waals surface area contributed by atoms with E-state index in [2.05, 4.69) is 31.4 Å². The summed E-state index contributed by atoms with van der Waals surface area (Å²) in [4.78, 5) is 11.1. The molecule has 0 bridgehead atoms. The highest BCUT2D eigenvalue weighted by atomic mass is 16.1. The van der Waals surface area contributed by atoms with Crippen molar-refractivity contribution in [2.45, 2.75) is 33.6 Å². The molecule has 0 atom stereocenters. The topological polar surface area (TPSA) is 41.1 Å². The molecule has 0 fully saturated rings. The standard InChI is InChI=1S/C10H22N2O/c1-4-5-6-12-10(13)8-11-7-9(2)3/h9,11H,4-8H2,1-3H3,(H,12,13). The summed E-state index contributed by atoms with van der Waals surface area (Å²) in [5.41, 5.74) is 0. The van der Waals surface area contributed by atoms with Crippen LogP contribution in [-0.2, 0) is 4.79 Å². The van der Waals surface area contributed by atoms with Gasteiger partial charge < -0.3 is 10.6 Å². The van der Waals surface area contributed by atoms with Gasteiger partial charge in [0.1, 0.15) is 0 Å². The van der Waals surface area contributed by atoms with Crippen LogP contribution < -0.4 is 10.6 Å². The molecule has 0 aliphatic heterocycles. The highest BCUT2D eigenvalue weighted by molar-refractivity contribution is 5.77. The number of carbonyl (C=O) groups is 1. The Balaban J connectivity index is 3.20. The Kier molecular flexibility index (Phi) is 7.69. The quantitative estimate of drug-likeness (QED) is 0.586. The molecule has 13 heavy (non-hydrogen) atoms. The summed E-state index contributed by atoms with van der Waals surface area (Å²) < 4.78 is 0. The molecule has 3 heteroatoms. The highest BCUT2D eigenvalue weighted by Crippen LogP contribution is 1.86. The predicted octanol–water partition coefficient (Wildman–Crippen LogP) is 1.15. The van der Waals surface area contributed by atoms with Crippen LogP contribution in [0.25, 0.3) is 0 Å². The van der Waals surface area contributed by atoms with Gasteiger partial charge in [-0.1, -0.05) is 27.2 Å². The Morgan fingerprint density at radius 3 is 2.62 bits per heavy atom. The summed E-state index contributed by atoms with van der Waals surface area (Å²) in [6.07, 6.45) is 2.19. The minimum absolute atomic E-state index is 0.106.